The number of benzene rings is 1. The van der Waals surface area contributed by atoms with E-state index >= 15 is 0 Å². The summed E-state index contributed by atoms with van der Waals surface area (Å²) in [5, 5.41) is 1.14. The van der Waals surface area contributed by atoms with Crippen LogP contribution >= 0.6 is 0 Å². The second kappa shape index (κ2) is 2.64. The number of aryl methyl sites for hydroxylation is 1. The fourth-order valence-corrected chi connectivity index (χ4v) is 2.12. The quantitative estimate of drug-likeness (QED) is 0.627. The molecule has 1 aromatic carbocycles. The average Bonchev–Trinajstić information content (AvgIpc) is 2.61. The molecular weight excluding hydrogens is 174 g/mol. The summed E-state index contributed by atoms with van der Waals surface area (Å²) in [6.07, 6.45) is 3.31. The molecule has 1 heterocycles. The lowest BCUT2D eigenvalue weighted by Gasteiger charge is -2.02. The van der Waals surface area contributed by atoms with Gasteiger partial charge in [-0.2, -0.15) is 0 Å². The fraction of sp³-hybridized carbons (Fsp3) is 0.167. The lowest BCUT2D eigenvalue weighted by Crippen LogP contribution is -1.91. The highest BCUT2D eigenvalue weighted by Crippen LogP contribution is 2.28. The topological polar surface area (TPSA) is 30.0 Å². The van der Waals surface area contributed by atoms with E-state index in [2.05, 4.69) is 4.98 Å². The minimum absolute atomic E-state index is 0.269. The number of fused-ring (bicyclic) bond motifs is 3. The summed E-state index contributed by atoms with van der Waals surface area (Å²) in [5.41, 5.74) is 3.06. The zero-order valence-electron chi connectivity index (χ0n) is 7.66. The summed E-state index contributed by atoms with van der Waals surface area (Å²) in [4.78, 5) is 15.8. The van der Waals surface area contributed by atoms with Crippen LogP contribution in [-0.4, -0.2) is 10.8 Å². The molecule has 0 atom stereocenters. The van der Waals surface area contributed by atoms with Crippen molar-refractivity contribution in [2.75, 3.05) is 0 Å². The number of aromatic nitrogens is 1. The Bertz CT molecular complexity index is 531. The van der Waals surface area contributed by atoms with Crippen molar-refractivity contribution in [3.63, 3.8) is 0 Å². The molecule has 0 fully saturated rings. The molecule has 2 aromatic rings. The van der Waals surface area contributed by atoms with E-state index in [9.17, 15) is 4.79 Å². The fourth-order valence-electron chi connectivity index (χ4n) is 2.12. The molecule has 0 amide bonds. The van der Waals surface area contributed by atoms with Crippen molar-refractivity contribution in [1.82, 2.24) is 4.98 Å². The van der Waals surface area contributed by atoms with E-state index < -0.39 is 0 Å². The van der Waals surface area contributed by atoms with E-state index in [-0.39, 0.29) is 5.78 Å². The van der Waals surface area contributed by atoms with Crippen LogP contribution in [0, 0.1) is 0 Å². The highest BCUT2D eigenvalue weighted by molar-refractivity contribution is 6.05. The van der Waals surface area contributed by atoms with Gasteiger partial charge in [0.05, 0.1) is 5.52 Å². The van der Waals surface area contributed by atoms with Gasteiger partial charge < -0.3 is 0 Å². The van der Waals surface area contributed by atoms with Gasteiger partial charge in [-0.1, -0.05) is 6.07 Å². The summed E-state index contributed by atoms with van der Waals surface area (Å²) < 4.78 is 0. The number of carbonyl (C=O) groups is 1. The molecule has 1 aliphatic rings. The largest absolute Gasteiger partial charge is 0.294 e. The molecule has 0 bridgehead atoms. The Labute approximate surface area is 81.6 Å². The molecular formula is C12H9NO. The van der Waals surface area contributed by atoms with Crippen LogP contribution < -0.4 is 0 Å². The maximum absolute atomic E-state index is 11.5. The summed E-state index contributed by atoms with van der Waals surface area (Å²) >= 11 is 0. The van der Waals surface area contributed by atoms with E-state index in [1.165, 1.54) is 5.56 Å². The molecule has 2 heteroatoms. The lowest BCUT2D eigenvalue weighted by molar-refractivity contribution is 0.0994. The standard InChI is InChI=1S/C12H9NO/c14-12-6-4-8-9-2-1-7-13-11(9)5-3-10(8)12/h1-3,5,7H,4,6H2. The van der Waals surface area contributed by atoms with Gasteiger partial charge in [-0.3, -0.25) is 9.78 Å². The lowest BCUT2D eigenvalue weighted by atomic mass is 10.0. The number of hydrogen-bond donors (Lipinski definition) is 0. The van der Waals surface area contributed by atoms with Crippen molar-refractivity contribution in [2.24, 2.45) is 0 Å². The Kier molecular flexibility index (Phi) is 1.45. The van der Waals surface area contributed by atoms with Crippen molar-refractivity contribution < 1.29 is 4.79 Å². The van der Waals surface area contributed by atoms with Crippen LogP contribution in [0.4, 0.5) is 0 Å². The Morgan fingerprint density at radius 3 is 3.00 bits per heavy atom. The first-order valence-corrected chi connectivity index (χ1v) is 4.76. The normalized spacial score (nSPS) is 14.7. The molecule has 0 radical (unpaired) electrons. The van der Waals surface area contributed by atoms with Crippen LogP contribution in [0.15, 0.2) is 30.5 Å². The molecule has 0 N–H and O–H groups in total. The van der Waals surface area contributed by atoms with Gasteiger partial charge in [0.1, 0.15) is 0 Å². The second-order valence-corrected chi connectivity index (χ2v) is 3.58. The van der Waals surface area contributed by atoms with Crippen molar-refractivity contribution in [3.8, 4) is 0 Å². The van der Waals surface area contributed by atoms with Gasteiger partial charge in [-0.05, 0) is 30.2 Å². The molecule has 14 heavy (non-hydrogen) atoms. The van der Waals surface area contributed by atoms with E-state index in [4.69, 9.17) is 0 Å². The second-order valence-electron chi connectivity index (χ2n) is 3.58. The van der Waals surface area contributed by atoms with Gasteiger partial charge in [-0.15, -0.1) is 0 Å². The van der Waals surface area contributed by atoms with Gasteiger partial charge in [0, 0.05) is 23.6 Å². The molecule has 1 aromatic heterocycles. The van der Waals surface area contributed by atoms with Crippen LogP contribution in [0.1, 0.15) is 22.3 Å². The van der Waals surface area contributed by atoms with Gasteiger partial charge in [0.2, 0.25) is 0 Å². The first-order chi connectivity index (χ1) is 6.86. The van der Waals surface area contributed by atoms with Crippen molar-refractivity contribution >= 4 is 16.7 Å². The molecule has 0 spiro atoms. The van der Waals surface area contributed by atoms with E-state index in [1.54, 1.807) is 6.20 Å². The van der Waals surface area contributed by atoms with E-state index in [1.807, 2.05) is 24.3 Å². The summed E-state index contributed by atoms with van der Waals surface area (Å²) in [6, 6.07) is 7.79. The molecule has 0 aliphatic heterocycles. The van der Waals surface area contributed by atoms with Crippen LogP contribution in [0.3, 0.4) is 0 Å². The van der Waals surface area contributed by atoms with Crippen LogP contribution in [0.25, 0.3) is 10.9 Å². The smallest absolute Gasteiger partial charge is 0.163 e. The Hall–Kier alpha value is -1.70. The highest BCUT2D eigenvalue weighted by atomic mass is 16.1. The third kappa shape index (κ3) is 0.909. The molecule has 2 nitrogen and oxygen atoms in total. The van der Waals surface area contributed by atoms with Crippen molar-refractivity contribution in [1.29, 1.82) is 0 Å². The maximum Gasteiger partial charge on any atom is 0.163 e. The molecule has 0 unspecified atom stereocenters. The number of ketones is 1. The van der Waals surface area contributed by atoms with Crippen molar-refractivity contribution in [3.05, 3.63) is 41.6 Å². The minimum atomic E-state index is 0.269. The Morgan fingerprint density at radius 2 is 2.07 bits per heavy atom. The summed E-state index contributed by atoms with van der Waals surface area (Å²) in [7, 11) is 0. The molecule has 3 rings (SSSR count). The third-order valence-corrected chi connectivity index (χ3v) is 2.80. The van der Waals surface area contributed by atoms with Crippen LogP contribution in [0.5, 0.6) is 0 Å². The van der Waals surface area contributed by atoms with Crippen LogP contribution in [-0.2, 0) is 6.42 Å². The van der Waals surface area contributed by atoms with E-state index in [0.29, 0.717) is 6.42 Å². The summed E-state index contributed by atoms with van der Waals surface area (Å²) in [6.45, 7) is 0. The number of Topliss-reactive ketones (excluding diaryl/α,β-unsaturated/α-hetero) is 1. The molecule has 0 saturated heterocycles. The number of pyridine rings is 1. The number of hydrogen-bond acceptors (Lipinski definition) is 2. The van der Waals surface area contributed by atoms with Gasteiger partial charge >= 0.3 is 0 Å². The summed E-state index contributed by atoms with van der Waals surface area (Å²) in [5.74, 6) is 0.269. The number of nitrogens with zero attached hydrogens (tertiary/aromatic N) is 1. The van der Waals surface area contributed by atoms with Crippen molar-refractivity contribution in [2.45, 2.75) is 12.8 Å². The molecule has 1 aliphatic carbocycles. The zero-order chi connectivity index (χ0) is 9.54. The monoisotopic (exact) mass is 183 g/mol. The molecule has 0 saturated carbocycles. The SMILES string of the molecule is O=C1CCc2c1ccc1ncccc21. The predicted molar refractivity (Wildman–Crippen MR) is 54.4 cm³/mol. The number of rotatable bonds is 0. The maximum atomic E-state index is 11.5. The predicted octanol–water partition coefficient (Wildman–Crippen LogP) is 2.36. The zero-order valence-corrected chi connectivity index (χ0v) is 7.66. The van der Waals surface area contributed by atoms with Gasteiger partial charge in [0.15, 0.2) is 5.78 Å². The van der Waals surface area contributed by atoms with Crippen LogP contribution in [0.2, 0.25) is 0 Å². The minimum Gasteiger partial charge on any atom is -0.294 e. The third-order valence-electron chi connectivity index (χ3n) is 2.80. The van der Waals surface area contributed by atoms with Gasteiger partial charge in [0.25, 0.3) is 0 Å². The molecule has 68 valence electrons. The van der Waals surface area contributed by atoms with Gasteiger partial charge in [-0.25, -0.2) is 0 Å². The Morgan fingerprint density at radius 1 is 1.14 bits per heavy atom. The average molecular weight is 183 g/mol. The first-order valence-electron chi connectivity index (χ1n) is 4.76. The number of carbonyl (C=O) groups excluding carboxylic acids is 1. The Balaban J connectivity index is 2.44. The van der Waals surface area contributed by atoms with E-state index in [0.717, 1.165) is 22.9 Å². The first kappa shape index (κ1) is 7.68. The highest BCUT2D eigenvalue weighted by Gasteiger charge is 2.20.